The van der Waals surface area contributed by atoms with Gasteiger partial charge in [-0.3, -0.25) is 9.48 Å². The second-order valence-electron chi connectivity index (χ2n) is 3.00. The molecule has 1 aromatic rings. The molecule has 1 atom stereocenters. The summed E-state index contributed by atoms with van der Waals surface area (Å²) < 4.78 is 6.46. The van der Waals surface area contributed by atoms with Gasteiger partial charge in [0.2, 0.25) is 0 Å². The molecule has 0 saturated carbocycles. The summed E-state index contributed by atoms with van der Waals surface area (Å²) in [5, 5.41) is 3.98. The van der Waals surface area contributed by atoms with E-state index in [4.69, 9.17) is 10.5 Å². The van der Waals surface area contributed by atoms with Crippen LogP contribution in [-0.4, -0.2) is 22.4 Å². The number of hydrogen-bond donors (Lipinski definition) is 1. The van der Waals surface area contributed by atoms with Gasteiger partial charge in [-0.2, -0.15) is 5.10 Å². The lowest BCUT2D eigenvalue weighted by molar-refractivity contribution is -0.143. The quantitative estimate of drug-likeness (QED) is 0.708. The first-order valence-corrected chi connectivity index (χ1v) is 4.54. The van der Waals surface area contributed by atoms with E-state index in [0.717, 1.165) is 5.69 Å². The van der Waals surface area contributed by atoms with Crippen molar-refractivity contribution in [3.05, 3.63) is 18.0 Å². The van der Waals surface area contributed by atoms with E-state index in [9.17, 15) is 4.79 Å². The molecule has 0 radical (unpaired) electrons. The highest BCUT2D eigenvalue weighted by atomic mass is 16.5. The summed E-state index contributed by atoms with van der Waals surface area (Å²) in [6.45, 7) is 2.16. The van der Waals surface area contributed by atoms with E-state index < -0.39 is 0 Å². The molecular formula is C9H15N3O2. The Bertz CT molecular complexity index is 309. The average Bonchev–Trinajstić information content (AvgIpc) is 2.51. The molecule has 0 aliphatic heterocycles. The molecule has 0 bridgehead atoms. The molecule has 0 fully saturated rings. The lowest BCUT2D eigenvalue weighted by Gasteiger charge is -2.10. The summed E-state index contributed by atoms with van der Waals surface area (Å²) in [5.74, 6) is -0.277. The molecule has 1 rings (SSSR count). The highest BCUT2D eigenvalue weighted by Crippen LogP contribution is 2.12. The van der Waals surface area contributed by atoms with Crippen molar-refractivity contribution in [1.82, 2.24) is 9.78 Å². The van der Waals surface area contributed by atoms with E-state index in [-0.39, 0.29) is 18.4 Å². The van der Waals surface area contributed by atoms with Crippen LogP contribution in [-0.2, 0) is 16.6 Å². The summed E-state index contributed by atoms with van der Waals surface area (Å²) >= 11 is 0. The number of nitrogens with zero attached hydrogens (tertiary/aromatic N) is 2. The summed E-state index contributed by atoms with van der Waals surface area (Å²) in [6.07, 6.45) is 1.84. The third-order valence-corrected chi connectivity index (χ3v) is 1.93. The van der Waals surface area contributed by atoms with Crippen LogP contribution in [0.4, 0.5) is 0 Å². The number of rotatable bonds is 4. The van der Waals surface area contributed by atoms with E-state index in [0.29, 0.717) is 6.61 Å². The number of nitrogens with two attached hydrogens (primary N) is 1. The van der Waals surface area contributed by atoms with Crippen LogP contribution in [0, 0.1) is 0 Å². The first kappa shape index (κ1) is 10.7. The van der Waals surface area contributed by atoms with E-state index in [2.05, 4.69) is 5.10 Å². The molecule has 14 heavy (non-hydrogen) atoms. The SMILES string of the molecule is CCOC(=O)C[C@H](N)c1ccnn1C. The van der Waals surface area contributed by atoms with Gasteiger partial charge in [0.1, 0.15) is 0 Å². The first-order chi connectivity index (χ1) is 6.65. The second-order valence-corrected chi connectivity index (χ2v) is 3.00. The summed E-state index contributed by atoms with van der Waals surface area (Å²) in [4.78, 5) is 11.1. The Hall–Kier alpha value is -1.36. The minimum Gasteiger partial charge on any atom is -0.466 e. The fourth-order valence-corrected chi connectivity index (χ4v) is 1.25. The van der Waals surface area contributed by atoms with Crippen LogP contribution in [0.3, 0.4) is 0 Å². The number of esters is 1. The Labute approximate surface area is 82.8 Å². The smallest absolute Gasteiger partial charge is 0.307 e. The second kappa shape index (κ2) is 4.76. The van der Waals surface area contributed by atoms with Gasteiger partial charge in [0.05, 0.1) is 24.8 Å². The predicted molar refractivity (Wildman–Crippen MR) is 51.4 cm³/mol. The number of aryl methyl sites for hydroxylation is 1. The maximum atomic E-state index is 11.1. The molecule has 5 heteroatoms. The number of carbonyl (C=O) groups is 1. The summed E-state index contributed by atoms with van der Waals surface area (Å²) in [6, 6.07) is 1.45. The number of ether oxygens (including phenoxy) is 1. The number of aromatic nitrogens is 2. The van der Waals surface area contributed by atoms with E-state index >= 15 is 0 Å². The Balaban J connectivity index is 2.54. The van der Waals surface area contributed by atoms with Crippen molar-refractivity contribution in [1.29, 1.82) is 0 Å². The van der Waals surface area contributed by atoms with Gasteiger partial charge >= 0.3 is 5.97 Å². The zero-order chi connectivity index (χ0) is 10.6. The summed E-state index contributed by atoms with van der Waals surface area (Å²) in [7, 11) is 1.79. The molecule has 0 aromatic carbocycles. The molecule has 0 spiro atoms. The van der Waals surface area contributed by atoms with Crippen LogP contribution in [0.25, 0.3) is 0 Å². The molecule has 0 unspecified atom stereocenters. The fraction of sp³-hybridized carbons (Fsp3) is 0.556. The predicted octanol–water partition coefficient (Wildman–Crippen LogP) is 0.373. The van der Waals surface area contributed by atoms with Gasteiger partial charge in [-0.25, -0.2) is 0 Å². The van der Waals surface area contributed by atoms with E-state index in [1.165, 1.54) is 0 Å². The molecule has 0 amide bonds. The van der Waals surface area contributed by atoms with Crippen LogP contribution >= 0.6 is 0 Å². The Morgan fingerprint density at radius 1 is 1.79 bits per heavy atom. The van der Waals surface area contributed by atoms with Crippen molar-refractivity contribution in [2.75, 3.05) is 6.61 Å². The Morgan fingerprint density at radius 2 is 2.50 bits per heavy atom. The van der Waals surface area contributed by atoms with Gasteiger partial charge in [0.25, 0.3) is 0 Å². The van der Waals surface area contributed by atoms with Crippen molar-refractivity contribution < 1.29 is 9.53 Å². The van der Waals surface area contributed by atoms with Crippen LogP contribution in [0.5, 0.6) is 0 Å². The molecule has 0 saturated heterocycles. The average molecular weight is 197 g/mol. The van der Waals surface area contributed by atoms with Gasteiger partial charge in [-0.05, 0) is 13.0 Å². The third kappa shape index (κ3) is 2.56. The van der Waals surface area contributed by atoms with Crippen molar-refractivity contribution in [2.45, 2.75) is 19.4 Å². The van der Waals surface area contributed by atoms with Crippen LogP contribution in [0.2, 0.25) is 0 Å². The van der Waals surface area contributed by atoms with E-state index in [1.807, 2.05) is 0 Å². The monoisotopic (exact) mass is 197 g/mol. The first-order valence-electron chi connectivity index (χ1n) is 4.54. The molecule has 2 N–H and O–H groups in total. The van der Waals surface area contributed by atoms with Crippen LogP contribution in [0.1, 0.15) is 25.1 Å². The molecule has 1 heterocycles. The van der Waals surface area contributed by atoms with Gasteiger partial charge in [-0.15, -0.1) is 0 Å². The zero-order valence-corrected chi connectivity index (χ0v) is 8.43. The maximum absolute atomic E-state index is 11.1. The van der Waals surface area contributed by atoms with Crippen molar-refractivity contribution in [3.63, 3.8) is 0 Å². The molecule has 78 valence electrons. The molecular weight excluding hydrogens is 182 g/mol. The van der Waals surface area contributed by atoms with Crippen molar-refractivity contribution in [2.24, 2.45) is 12.8 Å². The number of carbonyl (C=O) groups excluding carboxylic acids is 1. The minimum absolute atomic E-state index is 0.188. The zero-order valence-electron chi connectivity index (χ0n) is 8.43. The van der Waals surface area contributed by atoms with E-state index in [1.54, 1.807) is 30.9 Å². The minimum atomic E-state index is -0.346. The molecule has 1 aromatic heterocycles. The lowest BCUT2D eigenvalue weighted by atomic mass is 10.1. The third-order valence-electron chi connectivity index (χ3n) is 1.93. The topological polar surface area (TPSA) is 70.1 Å². The van der Waals surface area contributed by atoms with Gasteiger partial charge in [0, 0.05) is 13.2 Å². The van der Waals surface area contributed by atoms with Crippen molar-refractivity contribution >= 4 is 5.97 Å². The number of hydrogen-bond acceptors (Lipinski definition) is 4. The summed E-state index contributed by atoms with van der Waals surface area (Å²) in [5.41, 5.74) is 6.64. The largest absolute Gasteiger partial charge is 0.466 e. The Kier molecular flexibility index (Phi) is 3.64. The molecule has 0 aliphatic carbocycles. The van der Waals surface area contributed by atoms with Crippen LogP contribution < -0.4 is 5.73 Å². The van der Waals surface area contributed by atoms with Gasteiger partial charge in [0.15, 0.2) is 0 Å². The normalized spacial score (nSPS) is 12.5. The van der Waals surface area contributed by atoms with Gasteiger partial charge < -0.3 is 10.5 Å². The van der Waals surface area contributed by atoms with Crippen LogP contribution in [0.15, 0.2) is 12.3 Å². The molecule has 5 nitrogen and oxygen atoms in total. The fourth-order valence-electron chi connectivity index (χ4n) is 1.25. The lowest BCUT2D eigenvalue weighted by Crippen LogP contribution is -2.19. The highest BCUT2D eigenvalue weighted by molar-refractivity contribution is 5.70. The highest BCUT2D eigenvalue weighted by Gasteiger charge is 2.14. The maximum Gasteiger partial charge on any atom is 0.307 e. The van der Waals surface area contributed by atoms with Crippen molar-refractivity contribution in [3.8, 4) is 0 Å². The Morgan fingerprint density at radius 3 is 3.00 bits per heavy atom. The van der Waals surface area contributed by atoms with Gasteiger partial charge in [-0.1, -0.05) is 0 Å². The standard InChI is InChI=1S/C9H15N3O2/c1-3-14-9(13)6-7(10)8-4-5-11-12(8)2/h4-5,7H,3,6,10H2,1-2H3/t7-/m0/s1. The molecule has 0 aliphatic rings.